The second-order valence-corrected chi connectivity index (χ2v) is 7.64. The predicted octanol–water partition coefficient (Wildman–Crippen LogP) is 3.46. The summed E-state index contributed by atoms with van der Waals surface area (Å²) in [5.74, 6) is -0.528. The third kappa shape index (κ3) is 2.82. The first-order valence-corrected chi connectivity index (χ1v) is 9.93. The highest BCUT2D eigenvalue weighted by Gasteiger charge is 2.37. The molecule has 0 spiro atoms. The Hall–Kier alpha value is -2.37. The van der Waals surface area contributed by atoms with Gasteiger partial charge in [-0.1, -0.05) is 18.2 Å². The zero-order chi connectivity index (χ0) is 18.3. The van der Waals surface area contributed by atoms with Gasteiger partial charge >= 0.3 is 0 Å². The van der Waals surface area contributed by atoms with E-state index in [2.05, 4.69) is 56.8 Å². The first kappa shape index (κ1) is 16.8. The Labute approximate surface area is 160 Å². The number of methoxy groups -OCH3 is 1. The van der Waals surface area contributed by atoms with Gasteiger partial charge in [0.05, 0.1) is 11.4 Å². The molecule has 1 aromatic heterocycles. The lowest BCUT2D eigenvalue weighted by Crippen LogP contribution is -2.57. The van der Waals surface area contributed by atoms with Gasteiger partial charge in [-0.15, -0.1) is 0 Å². The van der Waals surface area contributed by atoms with E-state index < -0.39 is 5.85 Å². The van der Waals surface area contributed by atoms with Crippen molar-refractivity contribution < 1.29 is 4.74 Å². The fraction of sp³-hybridized carbons (Fsp3) is 0.409. The molecule has 5 heteroatoms. The van der Waals surface area contributed by atoms with Crippen LogP contribution in [0.15, 0.2) is 42.6 Å². The van der Waals surface area contributed by atoms with Gasteiger partial charge in [-0.2, -0.15) is 5.10 Å². The highest BCUT2D eigenvalue weighted by molar-refractivity contribution is 5.76. The van der Waals surface area contributed by atoms with Gasteiger partial charge in [0.2, 0.25) is 5.85 Å². The van der Waals surface area contributed by atoms with Crippen molar-refractivity contribution in [3.63, 3.8) is 0 Å². The summed E-state index contributed by atoms with van der Waals surface area (Å²) in [4.78, 5) is 2.35. The molecule has 140 valence electrons. The van der Waals surface area contributed by atoms with Crippen LogP contribution in [-0.4, -0.2) is 41.1 Å². The molecule has 1 saturated heterocycles. The van der Waals surface area contributed by atoms with E-state index in [1.165, 1.54) is 42.4 Å². The van der Waals surface area contributed by atoms with Crippen molar-refractivity contribution in [2.45, 2.75) is 38.0 Å². The largest absolute Gasteiger partial charge is 0.347 e. The number of nitrogens with zero attached hydrogens (tertiary/aromatic N) is 2. The Morgan fingerprint density at radius 2 is 2.04 bits per heavy atom. The van der Waals surface area contributed by atoms with Crippen molar-refractivity contribution in [2.24, 2.45) is 0 Å². The number of fused-ring (bicyclic) bond motifs is 1. The van der Waals surface area contributed by atoms with Crippen LogP contribution in [0, 0.1) is 0 Å². The van der Waals surface area contributed by atoms with Gasteiger partial charge in [0.25, 0.3) is 0 Å². The molecule has 0 bridgehead atoms. The lowest BCUT2D eigenvalue weighted by molar-refractivity contribution is -0.105. The Balaban J connectivity index is 1.40. The average molecular weight is 362 g/mol. The van der Waals surface area contributed by atoms with Gasteiger partial charge in [-0.3, -0.25) is 10.00 Å². The summed E-state index contributed by atoms with van der Waals surface area (Å²) in [5.41, 5.74) is 7.37. The number of hydrogen-bond donors (Lipinski definition) is 2. The SMILES string of the molecule is COC1(N2CCCC2)C=CC(c2cc(-c3cccc4c3CCC4)[nH]n2)=CN1. The predicted molar refractivity (Wildman–Crippen MR) is 107 cm³/mol. The summed E-state index contributed by atoms with van der Waals surface area (Å²) < 4.78 is 5.83. The molecule has 3 heterocycles. The number of allylic oxidation sites excluding steroid dienone is 2. The van der Waals surface area contributed by atoms with Crippen LogP contribution in [0.25, 0.3) is 16.8 Å². The topological polar surface area (TPSA) is 53.2 Å². The first-order valence-electron chi connectivity index (χ1n) is 9.93. The number of aromatic amines is 1. The number of ether oxygens (including phenoxy) is 1. The molecule has 1 unspecified atom stereocenters. The van der Waals surface area contributed by atoms with Crippen LogP contribution in [-0.2, 0) is 17.6 Å². The molecule has 0 saturated carbocycles. The molecule has 1 atom stereocenters. The van der Waals surface area contributed by atoms with Crippen molar-refractivity contribution in [1.29, 1.82) is 0 Å². The van der Waals surface area contributed by atoms with E-state index in [9.17, 15) is 0 Å². The average Bonchev–Trinajstić information content (AvgIpc) is 3.49. The fourth-order valence-electron chi connectivity index (χ4n) is 4.62. The summed E-state index contributed by atoms with van der Waals surface area (Å²) in [5, 5.41) is 11.3. The standard InChI is InChI=1S/C22H26N4O/c1-27-22(26-12-2-3-13-26)11-10-17(15-23-22)20-14-21(25-24-20)19-9-5-7-16-6-4-8-18(16)19/h5,7,9-11,14-15,23H,2-4,6,8,12-13H2,1H3,(H,24,25). The van der Waals surface area contributed by atoms with Gasteiger partial charge < -0.3 is 10.1 Å². The van der Waals surface area contributed by atoms with E-state index in [-0.39, 0.29) is 0 Å². The number of aromatic nitrogens is 2. The maximum absolute atomic E-state index is 5.83. The Kier molecular flexibility index (Phi) is 4.14. The van der Waals surface area contributed by atoms with Crippen molar-refractivity contribution in [1.82, 2.24) is 20.4 Å². The van der Waals surface area contributed by atoms with E-state index in [4.69, 9.17) is 4.74 Å². The van der Waals surface area contributed by atoms with Gasteiger partial charge in [-0.25, -0.2) is 0 Å². The lowest BCUT2D eigenvalue weighted by atomic mass is 10.00. The molecule has 5 rings (SSSR count). The number of rotatable bonds is 4. The Bertz CT molecular complexity index is 907. The van der Waals surface area contributed by atoms with Crippen molar-refractivity contribution in [3.8, 4) is 11.3 Å². The van der Waals surface area contributed by atoms with Crippen LogP contribution in [0.1, 0.15) is 36.1 Å². The zero-order valence-electron chi connectivity index (χ0n) is 15.8. The molecule has 1 aromatic carbocycles. The minimum absolute atomic E-state index is 0.528. The number of hydrogen-bond acceptors (Lipinski definition) is 4. The monoisotopic (exact) mass is 362 g/mol. The second-order valence-electron chi connectivity index (χ2n) is 7.64. The van der Waals surface area contributed by atoms with E-state index in [0.717, 1.165) is 36.5 Å². The quantitative estimate of drug-likeness (QED) is 0.875. The molecule has 0 radical (unpaired) electrons. The van der Waals surface area contributed by atoms with Gasteiger partial charge in [-0.05, 0) is 61.4 Å². The van der Waals surface area contributed by atoms with E-state index in [1.807, 2.05) is 6.20 Å². The minimum Gasteiger partial charge on any atom is -0.347 e. The van der Waals surface area contributed by atoms with Crippen molar-refractivity contribution >= 4 is 5.57 Å². The Morgan fingerprint density at radius 3 is 2.81 bits per heavy atom. The summed E-state index contributed by atoms with van der Waals surface area (Å²) >= 11 is 0. The molecule has 3 aliphatic rings. The third-order valence-electron chi connectivity index (χ3n) is 6.12. The maximum atomic E-state index is 5.83. The molecule has 5 nitrogen and oxygen atoms in total. The normalized spacial score (nSPS) is 24.7. The number of likely N-dealkylation sites (tertiary alicyclic amines) is 1. The molecule has 27 heavy (non-hydrogen) atoms. The summed E-state index contributed by atoms with van der Waals surface area (Å²) in [6.07, 6.45) is 12.3. The zero-order valence-corrected chi connectivity index (χ0v) is 15.8. The number of benzene rings is 1. The summed E-state index contributed by atoms with van der Waals surface area (Å²) in [7, 11) is 1.76. The minimum atomic E-state index is -0.528. The van der Waals surface area contributed by atoms with Crippen LogP contribution in [0.3, 0.4) is 0 Å². The molecule has 0 amide bonds. The number of aryl methyl sites for hydroxylation is 1. The molecule has 2 aromatic rings. The van der Waals surface area contributed by atoms with Crippen molar-refractivity contribution in [2.75, 3.05) is 20.2 Å². The van der Waals surface area contributed by atoms with Gasteiger partial charge in [0, 0.05) is 37.5 Å². The van der Waals surface area contributed by atoms with Crippen LogP contribution in [0.2, 0.25) is 0 Å². The summed E-state index contributed by atoms with van der Waals surface area (Å²) in [6.45, 7) is 2.11. The molecular weight excluding hydrogens is 336 g/mol. The van der Waals surface area contributed by atoms with Gasteiger partial charge in [0.15, 0.2) is 0 Å². The van der Waals surface area contributed by atoms with E-state index in [1.54, 1.807) is 7.11 Å². The first-order chi connectivity index (χ1) is 13.3. The smallest absolute Gasteiger partial charge is 0.218 e. The second kappa shape index (κ2) is 6.66. The maximum Gasteiger partial charge on any atom is 0.218 e. The molecule has 2 aliphatic heterocycles. The van der Waals surface area contributed by atoms with Crippen LogP contribution in [0.4, 0.5) is 0 Å². The van der Waals surface area contributed by atoms with Crippen LogP contribution >= 0.6 is 0 Å². The highest BCUT2D eigenvalue weighted by Crippen LogP contribution is 2.33. The Morgan fingerprint density at radius 1 is 1.15 bits per heavy atom. The molecular formula is C22H26N4O. The molecule has 2 N–H and O–H groups in total. The third-order valence-corrected chi connectivity index (χ3v) is 6.12. The number of dihydropyridines is 1. The van der Waals surface area contributed by atoms with Crippen LogP contribution < -0.4 is 5.32 Å². The summed E-state index contributed by atoms with van der Waals surface area (Å²) in [6, 6.07) is 8.77. The number of nitrogens with one attached hydrogen (secondary N) is 2. The van der Waals surface area contributed by atoms with E-state index >= 15 is 0 Å². The lowest BCUT2D eigenvalue weighted by Gasteiger charge is -2.39. The highest BCUT2D eigenvalue weighted by atomic mass is 16.5. The number of H-pyrrole nitrogens is 1. The fourth-order valence-corrected chi connectivity index (χ4v) is 4.62. The molecule has 1 fully saturated rings. The van der Waals surface area contributed by atoms with Gasteiger partial charge in [0.1, 0.15) is 0 Å². The molecule has 1 aliphatic carbocycles. The van der Waals surface area contributed by atoms with Crippen LogP contribution in [0.5, 0.6) is 0 Å². The van der Waals surface area contributed by atoms with E-state index in [0.29, 0.717) is 0 Å². The van der Waals surface area contributed by atoms with Crippen molar-refractivity contribution in [3.05, 3.63) is 59.4 Å².